The third-order valence-corrected chi connectivity index (χ3v) is 6.54. The third kappa shape index (κ3) is 4.79. The van der Waals surface area contributed by atoms with Crippen LogP contribution in [-0.2, 0) is 11.2 Å². The number of benzene rings is 2. The maximum Gasteiger partial charge on any atom is 0.234 e. The zero-order chi connectivity index (χ0) is 22.8. The minimum absolute atomic E-state index is 0.0563. The summed E-state index contributed by atoms with van der Waals surface area (Å²) < 4.78 is 5.74. The molecule has 0 fully saturated rings. The topological polar surface area (TPSA) is 80.5 Å². The lowest BCUT2D eigenvalue weighted by Gasteiger charge is -2.16. The van der Waals surface area contributed by atoms with E-state index in [1.165, 1.54) is 16.7 Å². The monoisotopic (exact) mass is 450 g/mol. The number of likely N-dealkylation sites (N-methyl/N-ethyl adjacent to an activating group) is 1. The zero-order valence-corrected chi connectivity index (χ0v) is 19.8. The van der Waals surface area contributed by atoms with E-state index in [2.05, 4.69) is 28.5 Å². The van der Waals surface area contributed by atoms with E-state index < -0.39 is 0 Å². The molecule has 1 heterocycles. The second kappa shape index (κ2) is 9.30. The van der Waals surface area contributed by atoms with E-state index in [0.717, 1.165) is 28.3 Å². The maximum absolute atomic E-state index is 12.3. The van der Waals surface area contributed by atoms with Crippen LogP contribution in [0, 0.1) is 0 Å². The average molecular weight is 451 g/mol. The predicted molar refractivity (Wildman–Crippen MR) is 131 cm³/mol. The summed E-state index contributed by atoms with van der Waals surface area (Å²) in [7, 11) is 3.81. The van der Waals surface area contributed by atoms with Crippen molar-refractivity contribution in [3.63, 3.8) is 0 Å². The van der Waals surface area contributed by atoms with Crippen LogP contribution in [0.3, 0.4) is 0 Å². The molecule has 3 N–H and O–H groups in total. The van der Waals surface area contributed by atoms with Gasteiger partial charge < -0.3 is 20.7 Å². The molecule has 0 saturated carbocycles. The Bertz CT molecular complexity index is 1120. The van der Waals surface area contributed by atoms with Gasteiger partial charge in [-0.2, -0.15) is 0 Å². The van der Waals surface area contributed by atoms with Gasteiger partial charge in [-0.15, -0.1) is 11.3 Å². The van der Waals surface area contributed by atoms with Crippen molar-refractivity contribution in [2.75, 3.05) is 26.4 Å². The molecule has 6 nitrogen and oxygen atoms in total. The molecule has 0 unspecified atom stereocenters. The number of thiazole rings is 1. The lowest BCUT2D eigenvalue weighted by Crippen LogP contribution is -2.35. The van der Waals surface area contributed by atoms with E-state index in [0.29, 0.717) is 18.0 Å². The normalized spacial score (nSPS) is 15.2. The van der Waals surface area contributed by atoms with Crippen LogP contribution in [0.2, 0.25) is 0 Å². The molecule has 0 bridgehead atoms. The first-order valence-electron chi connectivity index (χ1n) is 10.9. The average Bonchev–Trinajstić information content (AvgIpc) is 3.36. The highest BCUT2D eigenvalue weighted by molar-refractivity contribution is 7.18. The van der Waals surface area contributed by atoms with Gasteiger partial charge in [-0.1, -0.05) is 18.2 Å². The number of carbonyl (C=O) groups excluding carboxylic acids is 1. The van der Waals surface area contributed by atoms with Gasteiger partial charge in [-0.25, -0.2) is 4.98 Å². The molecular formula is C25H30N4O2S. The fraction of sp³-hybridized carbons (Fsp3) is 0.360. The number of ether oxygens (including phenoxy) is 1. The zero-order valence-electron chi connectivity index (χ0n) is 19.0. The van der Waals surface area contributed by atoms with E-state index in [4.69, 9.17) is 10.5 Å². The molecule has 3 aromatic rings. The fourth-order valence-corrected chi connectivity index (χ4v) is 5.10. The van der Waals surface area contributed by atoms with Crippen LogP contribution in [0.5, 0.6) is 5.75 Å². The molecule has 7 heteroatoms. The summed E-state index contributed by atoms with van der Waals surface area (Å²) in [4.78, 5) is 19.9. The molecule has 0 aliphatic heterocycles. The van der Waals surface area contributed by atoms with Crippen LogP contribution >= 0.6 is 11.3 Å². The summed E-state index contributed by atoms with van der Waals surface area (Å²) in [5.41, 5.74) is 11.5. The number of rotatable bonds is 7. The van der Waals surface area contributed by atoms with E-state index in [1.807, 2.05) is 57.2 Å². The van der Waals surface area contributed by atoms with Crippen LogP contribution in [0.25, 0.3) is 21.0 Å². The number of hydrogen-bond donors (Lipinski definition) is 2. The number of fused-ring (bicyclic) bond motifs is 1. The van der Waals surface area contributed by atoms with Crippen LogP contribution < -0.4 is 15.8 Å². The summed E-state index contributed by atoms with van der Waals surface area (Å²) in [5.74, 6) is 0.754. The summed E-state index contributed by atoms with van der Waals surface area (Å²) in [5, 5.41) is 4.11. The Kier molecular flexibility index (Phi) is 6.48. The van der Waals surface area contributed by atoms with Crippen molar-refractivity contribution in [3.8, 4) is 26.8 Å². The highest BCUT2D eigenvalue weighted by Crippen LogP contribution is 2.41. The Labute approximate surface area is 193 Å². The minimum atomic E-state index is 0.0563. The molecule has 2 aromatic carbocycles. The molecule has 1 atom stereocenters. The smallest absolute Gasteiger partial charge is 0.234 e. The summed E-state index contributed by atoms with van der Waals surface area (Å²) in [6.45, 7) is 4.36. The summed E-state index contributed by atoms with van der Waals surface area (Å²) >= 11 is 1.66. The number of anilines is 1. The molecule has 4 rings (SSSR count). The Morgan fingerprint density at radius 2 is 2.12 bits per heavy atom. The molecule has 1 aliphatic carbocycles. The molecule has 1 aliphatic rings. The van der Waals surface area contributed by atoms with Gasteiger partial charge in [0.2, 0.25) is 5.91 Å². The van der Waals surface area contributed by atoms with Gasteiger partial charge in [0, 0.05) is 11.8 Å². The maximum atomic E-state index is 12.3. The van der Waals surface area contributed by atoms with Gasteiger partial charge in [-0.05, 0) is 75.7 Å². The Balaban J connectivity index is 1.57. The number of aromatic nitrogens is 1. The molecular weight excluding hydrogens is 420 g/mol. The lowest BCUT2D eigenvalue weighted by atomic mass is 10.0. The number of carbonyl (C=O) groups is 1. The van der Waals surface area contributed by atoms with Crippen molar-refractivity contribution in [1.82, 2.24) is 15.2 Å². The first-order valence-corrected chi connectivity index (χ1v) is 11.7. The van der Waals surface area contributed by atoms with Crippen LogP contribution in [0.1, 0.15) is 37.4 Å². The highest BCUT2D eigenvalue weighted by Gasteiger charge is 2.27. The minimum Gasteiger partial charge on any atom is -0.489 e. The predicted octanol–water partition coefficient (Wildman–Crippen LogP) is 4.51. The molecule has 32 heavy (non-hydrogen) atoms. The van der Waals surface area contributed by atoms with Gasteiger partial charge in [-0.3, -0.25) is 4.79 Å². The number of hydrogen-bond acceptors (Lipinski definition) is 6. The van der Waals surface area contributed by atoms with E-state index in [-0.39, 0.29) is 18.1 Å². The third-order valence-electron chi connectivity index (χ3n) is 5.46. The first kappa shape index (κ1) is 22.3. The van der Waals surface area contributed by atoms with Gasteiger partial charge in [0.1, 0.15) is 10.8 Å². The summed E-state index contributed by atoms with van der Waals surface area (Å²) in [6.07, 6.45) is 3.87. The van der Waals surface area contributed by atoms with E-state index in [1.54, 1.807) is 11.3 Å². The Morgan fingerprint density at radius 3 is 2.84 bits per heavy atom. The number of amides is 1. The van der Waals surface area contributed by atoms with Crippen molar-refractivity contribution in [3.05, 3.63) is 53.7 Å². The molecule has 1 aromatic heterocycles. The van der Waals surface area contributed by atoms with Crippen molar-refractivity contribution < 1.29 is 9.53 Å². The van der Waals surface area contributed by atoms with Crippen molar-refractivity contribution >= 4 is 22.9 Å². The van der Waals surface area contributed by atoms with E-state index in [9.17, 15) is 4.79 Å². The molecule has 1 amide bonds. The highest BCUT2D eigenvalue weighted by atomic mass is 32.1. The number of nitrogen functional groups attached to an aromatic ring is 1. The number of nitrogens with two attached hydrogens (primary N) is 1. The summed E-state index contributed by atoms with van der Waals surface area (Å²) in [6, 6.07) is 12.2. The number of nitrogens with one attached hydrogen (secondary N) is 1. The largest absolute Gasteiger partial charge is 0.489 e. The van der Waals surface area contributed by atoms with Crippen molar-refractivity contribution in [2.24, 2.45) is 0 Å². The quantitative estimate of drug-likeness (QED) is 0.518. The van der Waals surface area contributed by atoms with Gasteiger partial charge in [0.25, 0.3) is 0 Å². The molecule has 0 saturated heterocycles. The second-order valence-corrected chi connectivity index (χ2v) is 9.75. The van der Waals surface area contributed by atoms with Crippen LogP contribution in [0.15, 0.2) is 42.6 Å². The molecule has 0 spiro atoms. The van der Waals surface area contributed by atoms with Crippen molar-refractivity contribution in [1.29, 1.82) is 0 Å². The number of nitrogens with zero attached hydrogens (tertiary/aromatic N) is 2. The molecule has 0 radical (unpaired) electrons. The van der Waals surface area contributed by atoms with E-state index >= 15 is 0 Å². The Hall–Kier alpha value is -2.90. The molecule has 168 valence electrons. The first-order chi connectivity index (χ1) is 15.3. The standard InChI is InChI=1S/C25H30N4O2S/c1-15(2)31-22-11-8-16(12-20(22)26)25-27-13-23(32-25)19-7-5-6-18-17(19)9-10-21(18)28-24(30)14-29(3)4/h5-8,11-13,15,21H,9-10,14,26H2,1-4H3,(H,28,30)/t21-/m0/s1. The van der Waals surface area contributed by atoms with Gasteiger partial charge in [0.15, 0.2) is 0 Å². The Morgan fingerprint density at radius 1 is 1.31 bits per heavy atom. The second-order valence-electron chi connectivity index (χ2n) is 8.72. The van der Waals surface area contributed by atoms with Crippen LogP contribution in [-0.4, -0.2) is 42.5 Å². The lowest BCUT2D eigenvalue weighted by molar-refractivity contribution is -0.122. The SMILES string of the molecule is CC(C)Oc1ccc(-c2ncc(-c3cccc4c3CC[C@@H]4NC(=O)CN(C)C)s2)cc1N. The van der Waals surface area contributed by atoms with Crippen molar-refractivity contribution in [2.45, 2.75) is 38.8 Å². The van der Waals surface area contributed by atoms with Gasteiger partial charge in [0.05, 0.1) is 29.3 Å². The fourth-order valence-electron chi connectivity index (χ4n) is 4.14. The van der Waals surface area contributed by atoms with Gasteiger partial charge >= 0.3 is 0 Å². The van der Waals surface area contributed by atoms with Crippen LogP contribution in [0.4, 0.5) is 5.69 Å².